The summed E-state index contributed by atoms with van der Waals surface area (Å²) in [4.78, 5) is 14.0. The van der Waals surface area contributed by atoms with E-state index >= 15 is 0 Å². The Morgan fingerprint density at radius 1 is 1.25 bits per heavy atom. The van der Waals surface area contributed by atoms with Crippen molar-refractivity contribution in [1.82, 2.24) is 14.8 Å². The normalized spacial score (nSPS) is 11.1. The van der Waals surface area contributed by atoms with Gasteiger partial charge in [-0.1, -0.05) is 23.2 Å². The number of nitrogen functional groups attached to an aromatic ring is 1. The van der Waals surface area contributed by atoms with Gasteiger partial charge in [-0.25, -0.2) is 4.68 Å². The van der Waals surface area contributed by atoms with E-state index in [-0.39, 0.29) is 22.6 Å². The predicted molar refractivity (Wildman–Crippen MR) is 77.8 cm³/mol. The van der Waals surface area contributed by atoms with Crippen molar-refractivity contribution in [2.75, 3.05) is 5.73 Å². The Kier molecular flexibility index (Phi) is 2.84. The van der Waals surface area contributed by atoms with Crippen LogP contribution in [0.2, 0.25) is 10.0 Å². The van der Waals surface area contributed by atoms with Crippen molar-refractivity contribution in [3.8, 4) is 11.6 Å². The first-order valence-electron chi connectivity index (χ1n) is 5.53. The van der Waals surface area contributed by atoms with E-state index < -0.39 is 5.56 Å². The van der Waals surface area contributed by atoms with E-state index in [1.165, 1.54) is 10.7 Å². The van der Waals surface area contributed by atoms with Crippen LogP contribution in [0, 0.1) is 0 Å². The fraction of sp³-hybridized carbons (Fsp3) is 0. The zero-order valence-electron chi connectivity index (χ0n) is 9.89. The summed E-state index contributed by atoms with van der Waals surface area (Å²) in [7, 11) is 0. The molecule has 0 spiro atoms. The fourth-order valence-electron chi connectivity index (χ4n) is 1.94. The highest BCUT2D eigenvalue weighted by Crippen LogP contribution is 2.27. The average molecular weight is 311 g/mol. The minimum atomic E-state index is -0.510. The molecule has 0 aliphatic heterocycles. The van der Waals surface area contributed by atoms with Crippen LogP contribution >= 0.6 is 23.2 Å². The fourth-order valence-corrected chi connectivity index (χ4v) is 2.23. The van der Waals surface area contributed by atoms with Gasteiger partial charge in [0.05, 0.1) is 15.7 Å². The smallest absolute Gasteiger partial charge is 0.263 e. The third-order valence-electron chi connectivity index (χ3n) is 2.84. The Labute approximate surface area is 122 Å². The van der Waals surface area contributed by atoms with Crippen LogP contribution in [0.25, 0.3) is 16.6 Å². The summed E-state index contributed by atoms with van der Waals surface area (Å²) in [6, 6.07) is 6.18. The Morgan fingerprint density at radius 2 is 2.00 bits per heavy atom. The van der Waals surface area contributed by atoms with Crippen LogP contribution in [0.1, 0.15) is 0 Å². The second-order valence-electron chi connectivity index (χ2n) is 4.14. The molecule has 20 heavy (non-hydrogen) atoms. The highest BCUT2D eigenvalue weighted by atomic mass is 35.5. The standard InChI is InChI=1S/C12H8Cl2N4O2/c13-6-2-1-5(3-7(6)14)18-11(15)10-8(17-18)4-9(19)16-12(10)20/h1-4,19H,15H2,(H,16,20). The molecule has 0 saturated heterocycles. The number of hydrogen-bond acceptors (Lipinski definition) is 4. The lowest BCUT2D eigenvalue weighted by atomic mass is 10.3. The number of nitrogens with one attached hydrogen (secondary N) is 1. The molecule has 8 heteroatoms. The van der Waals surface area contributed by atoms with Gasteiger partial charge >= 0.3 is 0 Å². The Bertz CT molecular complexity index is 885. The van der Waals surface area contributed by atoms with Crippen molar-refractivity contribution in [2.24, 2.45) is 0 Å². The minimum Gasteiger partial charge on any atom is -0.494 e. The van der Waals surface area contributed by atoms with Crippen molar-refractivity contribution >= 4 is 39.9 Å². The highest BCUT2D eigenvalue weighted by molar-refractivity contribution is 6.42. The SMILES string of the molecule is Nc1c2c(=O)[nH]c(O)cc2nn1-c1ccc(Cl)c(Cl)c1. The van der Waals surface area contributed by atoms with Gasteiger partial charge in [-0.15, -0.1) is 0 Å². The number of aromatic hydroxyl groups is 1. The molecule has 0 aliphatic rings. The van der Waals surface area contributed by atoms with E-state index in [2.05, 4.69) is 10.1 Å². The largest absolute Gasteiger partial charge is 0.494 e. The van der Waals surface area contributed by atoms with Crippen LogP contribution in [-0.4, -0.2) is 19.9 Å². The monoisotopic (exact) mass is 310 g/mol. The zero-order chi connectivity index (χ0) is 14.4. The summed E-state index contributed by atoms with van der Waals surface area (Å²) >= 11 is 11.8. The molecular formula is C12H8Cl2N4O2. The third kappa shape index (κ3) is 1.90. The molecule has 102 valence electrons. The molecule has 3 rings (SSSR count). The first-order chi connectivity index (χ1) is 9.47. The molecule has 2 heterocycles. The van der Waals surface area contributed by atoms with Crippen molar-refractivity contribution in [3.05, 3.63) is 44.7 Å². The highest BCUT2D eigenvalue weighted by Gasteiger charge is 2.14. The minimum absolute atomic E-state index is 0.152. The van der Waals surface area contributed by atoms with Crippen LogP contribution in [0.3, 0.4) is 0 Å². The molecule has 6 nitrogen and oxygen atoms in total. The van der Waals surface area contributed by atoms with E-state index in [0.29, 0.717) is 15.7 Å². The molecule has 3 aromatic rings. The lowest BCUT2D eigenvalue weighted by Gasteiger charge is -2.04. The summed E-state index contributed by atoms with van der Waals surface area (Å²) in [5, 5.41) is 14.5. The first kappa shape index (κ1) is 12.8. The van der Waals surface area contributed by atoms with Crippen molar-refractivity contribution in [3.63, 3.8) is 0 Å². The number of halogens is 2. The quantitative estimate of drug-likeness (QED) is 0.642. The molecule has 0 atom stereocenters. The van der Waals surface area contributed by atoms with E-state index in [9.17, 15) is 9.90 Å². The van der Waals surface area contributed by atoms with Crippen LogP contribution in [0.5, 0.6) is 5.88 Å². The maximum absolute atomic E-state index is 11.8. The average Bonchev–Trinajstić information content (AvgIpc) is 2.70. The summed E-state index contributed by atoms with van der Waals surface area (Å²) in [5.74, 6) is -0.124. The number of nitrogens with two attached hydrogens (primary N) is 1. The molecule has 0 amide bonds. The van der Waals surface area contributed by atoms with Crippen LogP contribution < -0.4 is 11.3 Å². The molecule has 4 N–H and O–H groups in total. The number of nitrogens with zero attached hydrogens (tertiary/aromatic N) is 2. The topological polar surface area (TPSA) is 96.9 Å². The van der Waals surface area contributed by atoms with E-state index in [4.69, 9.17) is 28.9 Å². The van der Waals surface area contributed by atoms with E-state index in [1.807, 2.05) is 0 Å². The van der Waals surface area contributed by atoms with Gasteiger partial charge in [0, 0.05) is 6.07 Å². The van der Waals surface area contributed by atoms with Crippen LogP contribution in [0.15, 0.2) is 29.1 Å². The number of fused-ring (bicyclic) bond motifs is 1. The van der Waals surface area contributed by atoms with Crippen LogP contribution in [-0.2, 0) is 0 Å². The molecule has 0 aliphatic carbocycles. The van der Waals surface area contributed by atoms with Gasteiger partial charge in [0.15, 0.2) is 5.88 Å². The summed E-state index contributed by atoms with van der Waals surface area (Å²) in [5.41, 5.74) is 6.27. The van der Waals surface area contributed by atoms with Crippen LogP contribution in [0.4, 0.5) is 5.82 Å². The first-order valence-corrected chi connectivity index (χ1v) is 6.29. The van der Waals surface area contributed by atoms with Gasteiger partial charge in [0.1, 0.15) is 16.7 Å². The number of rotatable bonds is 1. The number of aromatic nitrogens is 3. The van der Waals surface area contributed by atoms with Crippen molar-refractivity contribution in [2.45, 2.75) is 0 Å². The number of benzene rings is 1. The molecule has 0 unspecified atom stereocenters. The van der Waals surface area contributed by atoms with Gasteiger partial charge in [0.25, 0.3) is 5.56 Å². The Morgan fingerprint density at radius 3 is 2.70 bits per heavy atom. The summed E-state index contributed by atoms with van der Waals surface area (Å²) < 4.78 is 1.36. The summed E-state index contributed by atoms with van der Waals surface area (Å²) in [6.45, 7) is 0. The Balaban J connectivity index is 2.32. The molecule has 2 aromatic heterocycles. The second-order valence-corrected chi connectivity index (χ2v) is 4.95. The molecule has 1 aromatic carbocycles. The van der Waals surface area contributed by atoms with E-state index in [0.717, 1.165) is 0 Å². The predicted octanol–water partition coefficient (Wildman–Crippen LogP) is 2.31. The number of pyridine rings is 1. The van der Waals surface area contributed by atoms with Gasteiger partial charge in [-0.2, -0.15) is 5.10 Å². The Hall–Kier alpha value is -2.18. The lowest BCUT2D eigenvalue weighted by molar-refractivity contribution is 0.453. The zero-order valence-corrected chi connectivity index (χ0v) is 11.4. The number of aromatic amines is 1. The molecule has 0 bridgehead atoms. The summed E-state index contributed by atoms with van der Waals surface area (Å²) in [6.07, 6.45) is 0. The molecule has 0 saturated carbocycles. The van der Waals surface area contributed by atoms with Gasteiger partial charge in [-0.05, 0) is 18.2 Å². The number of hydrogen-bond donors (Lipinski definition) is 3. The number of anilines is 1. The second kappa shape index (κ2) is 4.43. The van der Waals surface area contributed by atoms with Gasteiger partial charge in [0.2, 0.25) is 0 Å². The lowest BCUT2D eigenvalue weighted by Crippen LogP contribution is -2.07. The van der Waals surface area contributed by atoms with Crippen molar-refractivity contribution in [1.29, 1.82) is 0 Å². The van der Waals surface area contributed by atoms with Crippen molar-refractivity contribution < 1.29 is 5.11 Å². The maximum Gasteiger partial charge on any atom is 0.263 e. The van der Waals surface area contributed by atoms with Gasteiger partial charge < -0.3 is 10.8 Å². The van der Waals surface area contributed by atoms with E-state index in [1.54, 1.807) is 18.2 Å². The van der Waals surface area contributed by atoms with Gasteiger partial charge in [-0.3, -0.25) is 9.78 Å². The molecule has 0 radical (unpaired) electrons. The molecule has 0 fully saturated rings. The third-order valence-corrected chi connectivity index (χ3v) is 3.58. The molecular weight excluding hydrogens is 303 g/mol. The number of H-pyrrole nitrogens is 1. The maximum atomic E-state index is 11.8.